The van der Waals surface area contributed by atoms with Gasteiger partial charge in [0.1, 0.15) is 0 Å². The van der Waals surface area contributed by atoms with Crippen LogP contribution < -0.4 is 5.32 Å². The number of hydrogen-bond donors (Lipinski definition) is 1. The van der Waals surface area contributed by atoms with Crippen LogP contribution in [0.1, 0.15) is 40.2 Å². The maximum Gasteiger partial charge on any atom is 0.0270 e. The van der Waals surface area contributed by atoms with Crippen LogP contribution >= 0.6 is 0 Å². The van der Waals surface area contributed by atoms with Gasteiger partial charge in [0.05, 0.1) is 0 Å². The molecule has 0 radical (unpaired) electrons. The van der Waals surface area contributed by atoms with Crippen LogP contribution in [0.25, 0.3) is 11.1 Å². The van der Waals surface area contributed by atoms with Gasteiger partial charge in [0.25, 0.3) is 0 Å². The molecule has 0 saturated heterocycles. The summed E-state index contributed by atoms with van der Waals surface area (Å²) in [7, 11) is 0. The SMILES string of the molecule is C1=CC=CNC=C1.c1ccc2c(c1)CCc1c-2ccc2c1CCC(c1ccncc1)C2. The second-order valence-electron chi connectivity index (χ2n) is 8.38. The summed E-state index contributed by atoms with van der Waals surface area (Å²) in [6, 6.07) is 18.1. The van der Waals surface area contributed by atoms with Crippen molar-refractivity contribution in [2.45, 2.75) is 38.0 Å². The molecule has 0 spiro atoms. The zero-order chi connectivity index (χ0) is 20.9. The van der Waals surface area contributed by atoms with Crippen molar-refractivity contribution < 1.29 is 0 Å². The molecule has 31 heavy (non-hydrogen) atoms. The van der Waals surface area contributed by atoms with Gasteiger partial charge in [-0.15, -0.1) is 0 Å². The lowest BCUT2D eigenvalue weighted by molar-refractivity contribution is 0.580. The maximum atomic E-state index is 4.16. The molecule has 154 valence electrons. The third-order valence-corrected chi connectivity index (χ3v) is 6.58. The molecule has 2 heterocycles. The van der Waals surface area contributed by atoms with Gasteiger partial charge in [-0.2, -0.15) is 0 Å². The van der Waals surface area contributed by atoms with E-state index < -0.39 is 0 Å². The summed E-state index contributed by atoms with van der Waals surface area (Å²) in [6.45, 7) is 0. The van der Waals surface area contributed by atoms with Crippen molar-refractivity contribution in [1.82, 2.24) is 10.3 Å². The van der Waals surface area contributed by atoms with Crippen LogP contribution in [0.15, 0.2) is 97.6 Å². The fraction of sp³-hybridized carbons (Fsp3) is 0.207. The van der Waals surface area contributed by atoms with Crippen LogP contribution in [0.3, 0.4) is 0 Å². The first kappa shape index (κ1) is 19.6. The quantitative estimate of drug-likeness (QED) is 0.515. The highest BCUT2D eigenvalue weighted by Gasteiger charge is 2.25. The number of nitrogens with one attached hydrogen (secondary N) is 1. The number of rotatable bonds is 1. The highest BCUT2D eigenvalue weighted by Crippen LogP contribution is 2.41. The highest BCUT2D eigenvalue weighted by molar-refractivity contribution is 5.75. The standard InChI is InChI=1S/C23H21N.C6H7N/c1-2-4-20-17(3-1)5-9-23-21-8-6-18(16-11-13-24-14-12-16)15-19(21)7-10-22(20)23;1-2-4-6-7-5-3-1/h1-4,7,10-14,18H,5-6,8-9,15H2;1-7H. The Labute approximate surface area is 185 Å². The van der Waals surface area contributed by atoms with Crippen LogP contribution in [0.5, 0.6) is 0 Å². The average Bonchev–Trinajstić information content (AvgIpc) is 3.17. The van der Waals surface area contributed by atoms with Gasteiger partial charge in [0, 0.05) is 24.8 Å². The van der Waals surface area contributed by atoms with E-state index in [0.717, 1.165) is 0 Å². The number of nitrogens with zero attached hydrogens (tertiary/aromatic N) is 1. The van der Waals surface area contributed by atoms with Gasteiger partial charge in [-0.3, -0.25) is 4.98 Å². The van der Waals surface area contributed by atoms with E-state index in [4.69, 9.17) is 0 Å². The summed E-state index contributed by atoms with van der Waals surface area (Å²) in [5.41, 5.74) is 10.7. The van der Waals surface area contributed by atoms with Gasteiger partial charge in [-0.25, -0.2) is 0 Å². The van der Waals surface area contributed by atoms with Crippen LogP contribution in [0.2, 0.25) is 0 Å². The Morgan fingerprint density at radius 1 is 0.677 bits per heavy atom. The fourth-order valence-electron chi connectivity index (χ4n) is 5.06. The Hall–Kier alpha value is -3.39. The zero-order valence-electron chi connectivity index (χ0n) is 17.8. The average molecular weight is 405 g/mol. The minimum Gasteiger partial charge on any atom is -0.368 e. The lowest BCUT2D eigenvalue weighted by Gasteiger charge is -2.30. The summed E-state index contributed by atoms with van der Waals surface area (Å²) in [6.07, 6.45) is 21.5. The largest absolute Gasteiger partial charge is 0.368 e. The third kappa shape index (κ3) is 4.25. The Morgan fingerprint density at radius 2 is 1.48 bits per heavy atom. The van der Waals surface area contributed by atoms with Crippen molar-refractivity contribution in [3.05, 3.63) is 125 Å². The normalized spacial score (nSPS) is 17.9. The number of aryl methyl sites for hydroxylation is 1. The summed E-state index contributed by atoms with van der Waals surface area (Å²) >= 11 is 0. The molecule has 6 rings (SSSR count). The number of fused-ring (bicyclic) bond motifs is 5. The molecule has 1 N–H and O–H groups in total. The first-order valence-corrected chi connectivity index (χ1v) is 11.3. The minimum absolute atomic E-state index is 0.648. The van der Waals surface area contributed by atoms with Crippen molar-refractivity contribution in [3.8, 4) is 11.1 Å². The molecule has 1 aromatic heterocycles. The molecule has 3 aromatic rings. The summed E-state index contributed by atoms with van der Waals surface area (Å²) < 4.78 is 0. The summed E-state index contributed by atoms with van der Waals surface area (Å²) in [5.74, 6) is 0.648. The van der Waals surface area contributed by atoms with Crippen molar-refractivity contribution >= 4 is 0 Å². The molecule has 1 atom stereocenters. The minimum atomic E-state index is 0.648. The van der Waals surface area contributed by atoms with E-state index in [2.05, 4.69) is 58.8 Å². The van der Waals surface area contributed by atoms with Gasteiger partial charge in [-0.05, 0) is 101 Å². The second-order valence-corrected chi connectivity index (χ2v) is 8.38. The van der Waals surface area contributed by atoms with Crippen molar-refractivity contribution in [2.24, 2.45) is 0 Å². The molecule has 2 aromatic carbocycles. The van der Waals surface area contributed by atoms with Gasteiger partial charge in [0.15, 0.2) is 0 Å². The van der Waals surface area contributed by atoms with Gasteiger partial charge in [0.2, 0.25) is 0 Å². The molecule has 2 heteroatoms. The highest BCUT2D eigenvalue weighted by atomic mass is 14.8. The zero-order valence-corrected chi connectivity index (χ0v) is 17.8. The Morgan fingerprint density at radius 3 is 2.32 bits per heavy atom. The molecule has 1 aliphatic heterocycles. The second kappa shape index (κ2) is 9.18. The maximum absolute atomic E-state index is 4.16. The summed E-state index contributed by atoms with van der Waals surface area (Å²) in [5, 5.41) is 2.92. The monoisotopic (exact) mass is 404 g/mol. The van der Waals surface area contributed by atoms with E-state index in [1.807, 2.05) is 49.1 Å². The van der Waals surface area contributed by atoms with E-state index in [0.29, 0.717) is 5.92 Å². The molecule has 2 aliphatic carbocycles. The lowest BCUT2D eigenvalue weighted by atomic mass is 9.74. The van der Waals surface area contributed by atoms with Crippen LogP contribution in [0, 0.1) is 0 Å². The lowest BCUT2D eigenvalue weighted by Crippen LogP contribution is -2.17. The molecule has 0 fully saturated rings. The predicted octanol–water partition coefficient (Wildman–Crippen LogP) is 6.29. The van der Waals surface area contributed by atoms with Gasteiger partial charge >= 0.3 is 0 Å². The Bertz CT molecular complexity index is 1120. The van der Waals surface area contributed by atoms with Crippen molar-refractivity contribution in [1.29, 1.82) is 0 Å². The number of pyridine rings is 1. The van der Waals surface area contributed by atoms with Crippen LogP contribution in [-0.4, -0.2) is 4.98 Å². The predicted molar refractivity (Wildman–Crippen MR) is 129 cm³/mol. The number of aromatic nitrogens is 1. The van der Waals surface area contributed by atoms with E-state index in [9.17, 15) is 0 Å². The first-order chi connectivity index (χ1) is 15.4. The molecular weight excluding hydrogens is 376 g/mol. The Kier molecular flexibility index (Phi) is 5.79. The number of hydrogen-bond acceptors (Lipinski definition) is 2. The van der Waals surface area contributed by atoms with Crippen molar-refractivity contribution in [3.63, 3.8) is 0 Å². The molecular formula is C29H28N2. The molecule has 3 aliphatic rings. The van der Waals surface area contributed by atoms with Crippen LogP contribution in [0.4, 0.5) is 0 Å². The van der Waals surface area contributed by atoms with E-state index >= 15 is 0 Å². The smallest absolute Gasteiger partial charge is 0.0270 e. The molecule has 0 saturated carbocycles. The Balaban J connectivity index is 0.000000250. The molecule has 0 bridgehead atoms. The van der Waals surface area contributed by atoms with Gasteiger partial charge in [-0.1, -0.05) is 48.6 Å². The van der Waals surface area contributed by atoms with Crippen LogP contribution in [-0.2, 0) is 25.7 Å². The third-order valence-electron chi connectivity index (χ3n) is 6.58. The van der Waals surface area contributed by atoms with Gasteiger partial charge < -0.3 is 5.32 Å². The summed E-state index contributed by atoms with van der Waals surface area (Å²) in [4.78, 5) is 4.16. The van der Waals surface area contributed by atoms with Crippen molar-refractivity contribution in [2.75, 3.05) is 0 Å². The fourth-order valence-corrected chi connectivity index (χ4v) is 5.06. The first-order valence-electron chi connectivity index (χ1n) is 11.3. The van der Waals surface area contributed by atoms with E-state index in [1.165, 1.54) is 54.4 Å². The van der Waals surface area contributed by atoms with E-state index in [-0.39, 0.29) is 0 Å². The van der Waals surface area contributed by atoms with E-state index in [1.54, 1.807) is 16.7 Å². The molecule has 1 unspecified atom stereocenters. The molecule has 0 amide bonds. The number of allylic oxidation sites excluding steroid dienone is 4. The number of benzene rings is 2. The topological polar surface area (TPSA) is 24.9 Å². The molecule has 2 nitrogen and oxygen atoms in total.